The molecule has 3 nitrogen and oxygen atoms in total. The van der Waals surface area contributed by atoms with Crippen molar-refractivity contribution in [3.05, 3.63) is 34.6 Å². The zero-order chi connectivity index (χ0) is 14.4. The number of hydrogen-bond acceptors (Lipinski definition) is 2. The summed E-state index contributed by atoms with van der Waals surface area (Å²) in [6.45, 7) is 0.767. The fourth-order valence-electron chi connectivity index (χ4n) is 2.50. The Kier molecular flexibility index (Phi) is 5.80. The summed E-state index contributed by atoms with van der Waals surface area (Å²) >= 11 is 5.70. The van der Waals surface area contributed by atoms with E-state index in [0.717, 1.165) is 18.4 Å². The minimum absolute atomic E-state index is 0.0186. The Balaban J connectivity index is 1.69. The van der Waals surface area contributed by atoms with E-state index < -0.39 is 5.82 Å². The molecule has 1 amide bonds. The molecule has 5 heteroatoms. The van der Waals surface area contributed by atoms with E-state index in [0.29, 0.717) is 12.6 Å². The van der Waals surface area contributed by atoms with Crippen LogP contribution >= 0.6 is 11.6 Å². The van der Waals surface area contributed by atoms with E-state index in [1.54, 1.807) is 12.1 Å². The van der Waals surface area contributed by atoms with Gasteiger partial charge in [0.1, 0.15) is 5.82 Å². The number of halogens is 2. The summed E-state index contributed by atoms with van der Waals surface area (Å²) in [7, 11) is 0. The molecule has 0 aliphatic heterocycles. The lowest BCUT2D eigenvalue weighted by atomic mass is 9.95. The molecule has 1 aromatic rings. The van der Waals surface area contributed by atoms with Crippen LogP contribution in [0.15, 0.2) is 18.2 Å². The molecule has 0 unspecified atom stereocenters. The molecule has 1 aliphatic carbocycles. The van der Waals surface area contributed by atoms with Crippen LogP contribution in [0.4, 0.5) is 4.39 Å². The van der Waals surface area contributed by atoms with Gasteiger partial charge in [0.2, 0.25) is 5.91 Å². The van der Waals surface area contributed by atoms with Crippen LogP contribution in [0.3, 0.4) is 0 Å². The molecule has 1 aliphatic rings. The first kappa shape index (κ1) is 15.3. The van der Waals surface area contributed by atoms with Crippen molar-refractivity contribution in [3.63, 3.8) is 0 Å². The molecule has 1 saturated carbocycles. The normalized spacial score (nSPS) is 16.1. The molecule has 0 bridgehead atoms. The molecule has 0 radical (unpaired) electrons. The summed E-state index contributed by atoms with van der Waals surface area (Å²) in [6, 6.07) is 4.90. The Hall–Kier alpha value is -1.13. The maximum absolute atomic E-state index is 13.0. The Bertz CT molecular complexity index is 461. The third-order valence-electron chi connectivity index (χ3n) is 3.57. The van der Waals surface area contributed by atoms with Crippen molar-refractivity contribution < 1.29 is 9.18 Å². The maximum Gasteiger partial charge on any atom is 0.234 e. The highest BCUT2D eigenvalue weighted by molar-refractivity contribution is 6.30. The molecular formula is C15H20ClFN2O. The average Bonchev–Trinajstić information content (AvgIpc) is 2.44. The van der Waals surface area contributed by atoms with Gasteiger partial charge in [0.25, 0.3) is 0 Å². The third-order valence-corrected chi connectivity index (χ3v) is 3.86. The van der Waals surface area contributed by atoms with Gasteiger partial charge < -0.3 is 10.6 Å². The van der Waals surface area contributed by atoms with Crippen molar-refractivity contribution in [1.82, 2.24) is 10.6 Å². The lowest BCUT2D eigenvalue weighted by Gasteiger charge is -2.22. The van der Waals surface area contributed by atoms with Crippen LogP contribution in [0.25, 0.3) is 0 Å². The topological polar surface area (TPSA) is 41.1 Å². The second-order valence-corrected chi connectivity index (χ2v) is 5.66. The number of benzene rings is 1. The van der Waals surface area contributed by atoms with E-state index in [4.69, 9.17) is 11.6 Å². The summed E-state index contributed by atoms with van der Waals surface area (Å²) < 4.78 is 13.0. The molecule has 0 atom stereocenters. The Morgan fingerprint density at radius 3 is 2.75 bits per heavy atom. The van der Waals surface area contributed by atoms with Crippen molar-refractivity contribution in [1.29, 1.82) is 0 Å². The highest BCUT2D eigenvalue weighted by atomic mass is 35.5. The summed E-state index contributed by atoms with van der Waals surface area (Å²) in [5.41, 5.74) is 0.863. The predicted octanol–water partition coefficient (Wildman–Crippen LogP) is 3.02. The highest BCUT2D eigenvalue weighted by Gasteiger charge is 2.15. The van der Waals surface area contributed by atoms with Crippen LogP contribution < -0.4 is 10.6 Å². The molecule has 0 heterocycles. The molecule has 2 N–H and O–H groups in total. The molecule has 1 aromatic carbocycles. The summed E-state index contributed by atoms with van der Waals surface area (Å²) in [6.07, 6.45) is 5.84. The summed E-state index contributed by atoms with van der Waals surface area (Å²) in [4.78, 5) is 11.8. The van der Waals surface area contributed by atoms with Crippen molar-refractivity contribution >= 4 is 17.5 Å². The number of nitrogens with one attached hydrogen (secondary N) is 2. The number of carbonyl (C=O) groups is 1. The van der Waals surface area contributed by atoms with Crippen LogP contribution in [-0.4, -0.2) is 18.5 Å². The lowest BCUT2D eigenvalue weighted by Crippen LogP contribution is -2.41. The summed E-state index contributed by atoms with van der Waals surface area (Å²) in [5, 5.41) is 6.19. The zero-order valence-electron chi connectivity index (χ0n) is 11.4. The first-order valence-electron chi connectivity index (χ1n) is 7.09. The quantitative estimate of drug-likeness (QED) is 0.877. The van der Waals surface area contributed by atoms with Crippen LogP contribution in [0.2, 0.25) is 5.02 Å². The first-order valence-corrected chi connectivity index (χ1v) is 7.47. The minimum Gasteiger partial charge on any atom is -0.352 e. The van der Waals surface area contributed by atoms with Gasteiger partial charge in [-0.15, -0.1) is 0 Å². The second kappa shape index (κ2) is 7.60. The third kappa shape index (κ3) is 4.76. The average molecular weight is 299 g/mol. The summed E-state index contributed by atoms with van der Waals surface area (Å²) in [5.74, 6) is -0.407. The van der Waals surface area contributed by atoms with Gasteiger partial charge >= 0.3 is 0 Å². The smallest absolute Gasteiger partial charge is 0.234 e. The van der Waals surface area contributed by atoms with E-state index in [2.05, 4.69) is 10.6 Å². The Morgan fingerprint density at radius 1 is 1.30 bits per heavy atom. The number of carbonyl (C=O) groups excluding carboxylic acids is 1. The van der Waals surface area contributed by atoms with Crippen LogP contribution in [0.1, 0.15) is 37.7 Å². The fraction of sp³-hybridized carbons (Fsp3) is 0.533. The van der Waals surface area contributed by atoms with Crippen molar-refractivity contribution in [2.24, 2.45) is 0 Å². The van der Waals surface area contributed by atoms with Crippen LogP contribution in [0, 0.1) is 5.82 Å². The van der Waals surface area contributed by atoms with Gasteiger partial charge in [-0.2, -0.15) is 0 Å². The molecule has 110 valence electrons. The first-order chi connectivity index (χ1) is 9.65. The number of hydrogen-bond donors (Lipinski definition) is 2. The van der Waals surface area contributed by atoms with Crippen LogP contribution in [-0.2, 0) is 11.3 Å². The van der Waals surface area contributed by atoms with Gasteiger partial charge in [0.05, 0.1) is 11.6 Å². The minimum atomic E-state index is -0.426. The van der Waals surface area contributed by atoms with E-state index in [1.165, 1.54) is 25.3 Å². The maximum atomic E-state index is 13.0. The molecule has 0 spiro atoms. The predicted molar refractivity (Wildman–Crippen MR) is 78.1 cm³/mol. The van der Waals surface area contributed by atoms with Gasteiger partial charge in [-0.25, -0.2) is 4.39 Å². The Morgan fingerprint density at radius 2 is 2.05 bits per heavy atom. The van der Waals surface area contributed by atoms with Crippen LogP contribution in [0.5, 0.6) is 0 Å². The Labute approximate surface area is 123 Å². The lowest BCUT2D eigenvalue weighted by molar-refractivity contribution is -0.121. The number of amides is 1. The van der Waals surface area contributed by atoms with Gasteiger partial charge in [0.15, 0.2) is 0 Å². The highest BCUT2D eigenvalue weighted by Crippen LogP contribution is 2.17. The largest absolute Gasteiger partial charge is 0.352 e. The van der Waals surface area contributed by atoms with Gasteiger partial charge in [-0.3, -0.25) is 4.79 Å². The van der Waals surface area contributed by atoms with Crippen molar-refractivity contribution in [3.8, 4) is 0 Å². The SMILES string of the molecule is O=C(CNCc1ccc(F)c(Cl)c1)NC1CCCCC1. The van der Waals surface area contributed by atoms with E-state index in [1.807, 2.05) is 0 Å². The van der Waals surface area contributed by atoms with E-state index in [-0.39, 0.29) is 17.5 Å². The zero-order valence-corrected chi connectivity index (χ0v) is 12.2. The monoisotopic (exact) mass is 298 g/mol. The molecule has 20 heavy (non-hydrogen) atoms. The number of rotatable bonds is 5. The second-order valence-electron chi connectivity index (χ2n) is 5.25. The van der Waals surface area contributed by atoms with E-state index in [9.17, 15) is 9.18 Å². The molecule has 0 aromatic heterocycles. The van der Waals surface area contributed by atoms with Gasteiger partial charge in [0, 0.05) is 12.6 Å². The fourth-order valence-corrected chi connectivity index (χ4v) is 2.70. The molecule has 1 fully saturated rings. The van der Waals surface area contributed by atoms with Crippen molar-refractivity contribution in [2.45, 2.75) is 44.7 Å². The molecular weight excluding hydrogens is 279 g/mol. The molecule has 0 saturated heterocycles. The standard InChI is InChI=1S/C15H20ClFN2O/c16-13-8-11(6-7-14(13)17)9-18-10-15(20)19-12-4-2-1-3-5-12/h6-8,12,18H,1-5,9-10H2,(H,19,20). The molecule has 2 rings (SSSR count). The van der Waals surface area contributed by atoms with Gasteiger partial charge in [-0.1, -0.05) is 36.9 Å². The van der Waals surface area contributed by atoms with Gasteiger partial charge in [-0.05, 0) is 30.5 Å². The van der Waals surface area contributed by atoms with Crippen molar-refractivity contribution in [2.75, 3.05) is 6.54 Å². The van der Waals surface area contributed by atoms with E-state index >= 15 is 0 Å².